The molecule has 0 radical (unpaired) electrons. The minimum atomic E-state index is -0.370. The molecule has 7 rings (SSSR count). The van der Waals surface area contributed by atoms with Crippen molar-refractivity contribution >= 4 is 78.9 Å². The summed E-state index contributed by atoms with van der Waals surface area (Å²) in [6.45, 7) is 14.5. The Labute approximate surface area is 282 Å². The molecule has 0 aromatic heterocycles. The number of halogens is 1. The van der Waals surface area contributed by atoms with Gasteiger partial charge in [0.05, 0.1) is 0 Å². The monoisotopic (exact) mass is 732 g/mol. The zero-order valence-corrected chi connectivity index (χ0v) is 29.9. The van der Waals surface area contributed by atoms with Gasteiger partial charge in [0.1, 0.15) is 0 Å². The molecule has 0 aliphatic carbocycles. The zero-order chi connectivity index (χ0) is 29.6. The molecule has 43 heavy (non-hydrogen) atoms. The fourth-order valence-corrected chi connectivity index (χ4v) is 12.1. The van der Waals surface area contributed by atoms with Crippen LogP contribution in [-0.2, 0) is 17.1 Å². The van der Waals surface area contributed by atoms with E-state index in [4.69, 9.17) is 0 Å². The molecule has 0 saturated heterocycles. The molecule has 0 bridgehead atoms. The standard InChI is InChI=1S/C35H33IP.C5H5.Fe/c1-34(2,3)37(35(4,5)6)31-18-17-28(33(31)36)32-26-14-10-9-13-24(26)21-30-27(32)16-15-25-19-22-11-7-8-12-23(22)20-29(25)30;1-2-4-5-3-1;/h7-21H,1-6H3;1-5H;/q-1;-5;. The molecule has 0 aliphatic heterocycles. The Balaban J connectivity index is 0.000000559. The topological polar surface area (TPSA) is 0 Å². The molecule has 0 amide bonds. The maximum atomic E-state index is 2.65. The summed E-state index contributed by atoms with van der Waals surface area (Å²) in [6, 6.07) is 44.2. The average Bonchev–Trinajstić information content (AvgIpc) is 3.64. The largest absolute Gasteiger partial charge is 0.748 e. The van der Waals surface area contributed by atoms with Crippen LogP contribution in [-0.4, -0.2) is 10.3 Å². The van der Waals surface area contributed by atoms with Gasteiger partial charge in [0.25, 0.3) is 0 Å². The number of rotatable bonds is 2. The van der Waals surface area contributed by atoms with E-state index < -0.39 is 0 Å². The van der Waals surface area contributed by atoms with Crippen molar-refractivity contribution in [1.82, 2.24) is 0 Å². The Kier molecular flexibility index (Phi) is 9.27. The van der Waals surface area contributed by atoms with Crippen LogP contribution < -0.4 is 5.30 Å². The van der Waals surface area contributed by atoms with Gasteiger partial charge < -0.3 is 30.3 Å². The van der Waals surface area contributed by atoms with E-state index in [0.717, 1.165) is 0 Å². The first-order chi connectivity index (χ1) is 20.0. The molecule has 224 valence electrons. The number of fused-ring (bicyclic) bond motifs is 5. The molecule has 0 fully saturated rings. The predicted octanol–water partition coefficient (Wildman–Crippen LogP) is 12.4. The average molecular weight is 732 g/mol. The molecule has 0 heterocycles. The molecule has 0 nitrogen and oxygen atoms in total. The normalized spacial score (nSPS) is 12.1. The van der Waals surface area contributed by atoms with Gasteiger partial charge in [0.15, 0.2) is 0 Å². The summed E-state index contributed by atoms with van der Waals surface area (Å²) in [7, 11) is -0.370. The van der Waals surface area contributed by atoms with Crippen LogP contribution in [0.15, 0.2) is 121 Å². The van der Waals surface area contributed by atoms with Crippen LogP contribution in [0.1, 0.15) is 41.5 Å². The second-order valence-electron chi connectivity index (χ2n) is 13.1. The second kappa shape index (κ2) is 12.5. The Bertz CT molecular complexity index is 1990. The Hall–Kier alpha value is -2.48. The molecule has 0 spiro atoms. The number of hydrogen-bond acceptors (Lipinski definition) is 0. The minimum absolute atomic E-state index is 0. The van der Waals surface area contributed by atoms with Crippen molar-refractivity contribution in [2.45, 2.75) is 51.9 Å². The van der Waals surface area contributed by atoms with Gasteiger partial charge in [-0.25, -0.2) is 6.07 Å². The summed E-state index contributed by atoms with van der Waals surface area (Å²) in [5.41, 5.74) is 2.75. The van der Waals surface area contributed by atoms with Crippen LogP contribution in [0.2, 0.25) is 0 Å². The van der Waals surface area contributed by atoms with E-state index in [9.17, 15) is 0 Å². The van der Waals surface area contributed by atoms with E-state index in [1.807, 2.05) is 30.3 Å². The summed E-state index contributed by atoms with van der Waals surface area (Å²) in [4.78, 5) is 0. The van der Waals surface area contributed by atoms with Gasteiger partial charge in [-0.1, -0.05) is 134 Å². The summed E-state index contributed by atoms with van der Waals surface area (Å²) in [6.07, 6.45) is 0. The molecule has 0 N–H and O–H groups in total. The van der Waals surface area contributed by atoms with Crippen molar-refractivity contribution in [3.8, 4) is 11.1 Å². The Morgan fingerprint density at radius 2 is 1.07 bits per heavy atom. The zero-order valence-electron chi connectivity index (χ0n) is 25.7. The number of benzene rings is 5. The SMILES string of the molecule is CC(C)(C)P([c-]1ccc(-c2c3ccccc3cc3c2ccc2cc4ccccc4cc23)c1I)C(C)(C)C.[Fe].[cH-]1[cH-][cH-][cH-][cH-]1. The van der Waals surface area contributed by atoms with Gasteiger partial charge in [-0.3, -0.25) is 0 Å². The molecule has 0 atom stereocenters. The van der Waals surface area contributed by atoms with Gasteiger partial charge in [0.2, 0.25) is 0 Å². The smallest absolute Gasteiger partial charge is 0 e. The summed E-state index contributed by atoms with van der Waals surface area (Å²) >= 11 is 2.65. The Morgan fingerprint density at radius 3 is 1.67 bits per heavy atom. The first-order valence-electron chi connectivity index (χ1n) is 14.7. The van der Waals surface area contributed by atoms with E-state index in [-0.39, 0.29) is 35.3 Å². The van der Waals surface area contributed by atoms with E-state index in [1.165, 1.54) is 57.8 Å². The predicted molar refractivity (Wildman–Crippen MR) is 198 cm³/mol. The van der Waals surface area contributed by atoms with Crippen molar-refractivity contribution in [3.63, 3.8) is 0 Å². The summed E-state index contributed by atoms with van der Waals surface area (Å²) < 4.78 is 1.42. The van der Waals surface area contributed by atoms with E-state index in [2.05, 4.69) is 155 Å². The van der Waals surface area contributed by atoms with Gasteiger partial charge >= 0.3 is 0 Å². The van der Waals surface area contributed by atoms with Crippen molar-refractivity contribution in [2.75, 3.05) is 0 Å². The molecule has 7 aromatic carbocycles. The van der Waals surface area contributed by atoms with Crippen molar-refractivity contribution in [3.05, 3.63) is 125 Å². The van der Waals surface area contributed by atoms with Crippen LogP contribution >= 0.6 is 30.5 Å². The first-order valence-corrected chi connectivity index (χ1v) is 17.2. The summed E-state index contributed by atoms with van der Waals surface area (Å²) in [5.74, 6) is 0. The first kappa shape index (κ1) is 31.9. The molecule has 3 heteroatoms. The third kappa shape index (κ3) is 6.23. The molecule has 0 unspecified atom stereocenters. The van der Waals surface area contributed by atoms with Gasteiger partial charge in [0, 0.05) is 17.1 Å². The second-order valence-corrected chi connectivity index (χ2v) is 18.1. The van der Waals surface area contributed by atoms with Gasteiger partial charge in [-0.15, -0.1) is 13.2 Å². The number of hydrogen-bond donors (Lipinski definition) is 0. The molecule has 0 aliphatic rings. The van der Waals surface area contributed by atoms with Crippen molar-refractivity contribution < 1.29 is 17.1 Å². The minimum Gasteiger partial charge on any atom is -0.748 e. The van der Waals surface area contributed by atoms with E-state index in [0.29, 0.717) is 0 Å². The fourth-order valence-electron chi connectivity index (χ4n) is 6.71. The molecular formula is C40H38FeIP-6. The van der Waals surface area contributed by atoms with Crippen molar-refractivity contribution in [2.24, 2.45) is 0 Å². The van der Waals surface area contributed by atoms with E-state index >= 15 is 0 Å². The van der Waals surface area contributed by atoms with Crippen molar-refractivity contribution in [1.29, 1.82) is 0 Å². The quantitative estimate of drug-likeness (QED) is 0.0415. The van der Waals surface area contributed by atoms with Crippen LogP contribution in [0, 0.1) is 3.57 Å². The Morgan fingerprint density at radius 1 is 0.558 bits per heavy atom. The third-order valence-corrected chi connectivity index (χ3v) is 13.1. The van der Waals surface area contributed by atoms with Crippen LogP contribution in [0.25, 0.3) is 54.2 Å². The maximum Gasteiger partial charge on any atom is 0 e. The molecule has 0 saturated carbocycles. The van der Waals surface area contributed by atoms with Gasteiger partial charge in [-0.05, 0) is 71.6 Å². The van der Waals surface area contributed by atoms with E-state index in [1.54, 1.807) is 5.30 Å². The summed E-state index contributed by atoms with van der Waals surface area (Å²) in [5, 5.41) is 12.5. The van der Waals surface area contributed by atoms with Crippen LogP contribution in [0.3, 0.4) is 0 Å². The fraction of sp³-hybridized carbons (Fsp3) is 0.200. The molecule has 7 aromatic rings. The van der Waals surface area contributed by atoms with Crippen LogP contribution in [0.5, 0.6) is 0 Å². The van der Waals surface area contributed by atoms with Crippen LogP contribution in [0.4, 0.5) is 0 Å². The maximum absolute atomic E-state index is 2.65. The molecular weight excluding hydrogens is 694 g/mol. The third-order valence-electron chi connectivity index (χ3n) is 8.00. The van der Waals surface area contributed by atoms with Gasteiger partial charge in [-0.2, -0.15) is 11.6 Å².